The molecule has 2 rings (SSSR count). The second-order valence-electron chi connectivity index (χ2n) is 5.59. The average molecular weight is 311 g/mol. The highest BCUT2D eigenvalue weighted by Gasteiger charge is 2.48. The Balaban J connectivity index is 2.28. The van der Waals surface area contributed by atoms with Gasteiger partial charge in [0.15, 0.2) is 0 Å². The normalized spacial score (nSPS) is 16.0. The van der Waals surface area contributed by atoms with Gasteiger partial charge >= 0.3 is 5.97 Å². The summed E-state index contributed by atoms with van der Waals surface area (Å²) in [6, 6.07) is 3.27. The number of rotatable bonds is 6. The van der Waals surface area contributed by atoms with Crippen molar-refractivity contribution in [3.63, 3.8) is 0 Å². The Morgan fingerprint density at radius 2 is 2.00 bits per heavy atom. The maximum Gasteiger partial charge on any atom is 0.305 e. The van der Waals surface area contributed by atoms with Crippen LogP contribution in [0.4, 0.5) is 8.78 Å². The monoisotopic (exact) mass is 311 g/mol. The minimum atomic E-state index is -0.984. The molecular weight excluding hydrogens is 292 g/mol. The van der Waals surface area contributed by atoms with Crippen LogP contribution in [0.1, 0.15) is 38.2 Å². The number of halogens is 2. The molecule has 1 amide bonds. The fourth-order valence-electron chi connectivity index (χ4n) is 2.94. The molecule has 1 fully saturated rings. The van der Waals surface area contributed by atoms with Gasteiger partial charge in [0, 0.05) is 24.7 Å². The first kappa shape index (κ1) is 16.4. The third-order valence-electron chi connectivity index (χ3n) is 4.33. The second-order valence-corrected chi connectivity index (χ2v) is 5.59. The number of hydrogen-bond acceptors (Lipinski definition) is 2. The van der Waals surface area contributed by atoms with Crippen LogP contribution in [0.3, 0.4) is 0 Å². The molecular formula is C16H19F2NO3. The van der Waals surface area contributed by atoms with Gasteiger partial charge in [-0.05, 0) is 25.8 Å². The van der Waals surface area contributed by atoms with Crippen molar-refractivity contribution in [2.45, 2.75) is 38.0 Å². The molecule has 0 heterocycles. The van der Waals surface area contributed by atoms with Crippen molar-refractivity contribution in [2.75, 3.05) is 13.1 Å². The van der Waals surface area contributed by atoms with Gasteiger partial charge in [-0.2, -0.15) is 0 Å². The molecule has 4 nitrogen and oxygen atoms in total. The number of carbonyl (C=O) groups excluding carboxylic acids is 1. The Morgan fingerprint density at radius 3 is 2.45 bits per heavy atom. The van der Waals surface area contributed by atoms with E-state index < -0.39 is 23.0 Å². The van der Waals surface area contributed by atoms with Crippen molar-refractivity contribution < 1.29 is 23.5 Å². The standard InChI is InChI=1S/C16H19F2NO3/c1-2-19(9-6-14(20)21)15(22)16(7-3-8-16)12-5-4-11(17)10-13(12)18/h4-5,10H,2-3,6-9H2,1H3,(H,20,21). The number of hydrogen-bond donors (Lipinski definition) is 1. The molecule has 1 saturated carbocycles. The molecule has 6 heteroatoms. The predicted octanol–water partition coefficient (Wildman–Crippen LogP) is 2.71. The van der Waals surface area contributed by atoms with Gasteiger partial charge in [-0.1, -0.05) is 12.5 Å². The van der Waals surface area contributed by atoms with Crippen molar-refractivity contribution in [3.05, 3.63) is 35.4 Å². The molecule has 0 radical (unpaired) electrons. The van der Waals surface area contributed by atoms with E-state index in [1.807, 2.05) is 0 Å². The minimum absolute atomic E-state index is 0.0925. The van der Waals surface area contributed by atoms with Gasteiger partial charge in [-0.25, -0.2) is 8.78 Å². The molecule has 0 saturated heterocycles. The third kappa shape index (κ3) is 2.96. The summed E-state index contributed by atoms with van der Waals surface area (Å²) in [5.41, 5.74) is -0.773. The molecule has 0 spiro atoms. The fraction of sp³-hybridized carbons (Fsp3) is 0.500. The summed E-state index contributed by atoms with van der Waals surface area (Å²) in [6.45, 7) is 2.21. The molecule has 0 aromatic heterocycles. The number of benzene rings is 1. The molecule has 0 atom stereocenters. The van der Waals surface area contributed by atoms with Gasteiger partial charge in [0.05, 0.1) is 11.8 Å². The fourth-order valence-corrected chi connectivity index (χ4v) is 2.94. The number of carboxylic acids is 1. The minimum Gasteiger partial charge on any atom is -0.481 e. The van der Waals surface area contributed by atoms with E-state index >= 15 is 0 Å². The first-order chi connectivity index (χ1) is 10.4. The number of carbonyl (C=O) groups is 2. The molecule has 22 heavy (non-hydrogen) atoms. The maximum absolute atomic E-state index is 14.1. The summed E-state index contributed by atoms with van der Waals surface area (Å²) < 4.78 is 27.2. The van der Waals surface area contributed by atoms with Crippen LogP contribution in [-0.2, 0) is 15.0 Å². The molecule has 1 aromatic rings. The van der Waals surface area contributed by atoms with E-state index in [1.165, 1.54) is 11.0 Å². The van der Waals surface area contributed by atoms with E-state index in [-0.39, 0.29) is 24.4 Å². The van der Waals surface area contributed by atoms with Gasteiger partial charge in [-0.15, -0.1) is 0 Å². The predicted molar refractivity (Wildman–Crippen MR) is 76.4 cm³/mol. The lowest BCUT2D eigenvalue weighted by Crippen LogP contribution is -2.52. The Hall–Kier alpha value is -1.98. The van der Waals surface area contributed by atoms with Crippen LogP contribution in [0.25, 0.3) is 0 Å². The van der Waals surface area contributed by atoms with Gasteiger partial charge in [0.1, 0.15) is 11.6 Å². The van der Waals surface area contributed by atoms with Crippen LogP contribution >= 0.6 is 0 Å². The SMILES string of the molecule is CCN(CCC(=O)O)C(=O)C1(c2ccc(F)cc2F)CCC1. The van der Waals surface area contributed by atoms with Crippen molar-refractivity contribution in [1.82, 2.24) is 4.90 Å². The molecule has 0 aliphatic heterocycles. The van der Waals surface area contributed by atoms with E-state index in [4.69, 9.17) is 5.11 Å². The number of aliphatic carboxylic acids is 1. The van der Waals surface area contributed by atoms with E-state index in [9.17, 15) is 18.4 Å². The Kier molecular flexibility index (Phi) is 4.78. The Bertz CT molecular complexity index is 585. The number of carboxylic acid groups (broad SMARTS) is 1. The molecule has 1 aliphatic rings. The van der Waals surface area contributed by atoms with Crippen LogP contribution in [-0.4, -0.2) is 35.0 Å². The zero-order chi connectivity index (χ0) is 16.3. The lowest BCUT2D eigenvalue weighted by Gasteiger charge is -2.43. The van der Waals surface area contributed by atoms with Crippen molar-refractivity contribution >= 4 is 11.9 Å². The van der Waals surface area contributed by atoms with E-state index in [0.29, 0.717) is 19.4 Å². The van der Waals surface area contributed by atoms with E-state index in [1.54, 1.807) is 6.92 Å². The Labute approximate surface area is 127 Å². The van der Waals surface area contributed by atoms with Crippen LogP contribution in [0.5, 0.6) is 0 Å². The van der Waals surface area contributed by atoms with Crippen LogP contribution in [0, 0.1) is 11.6 Å². The maximum atomic E-state index is 14.1. The van der Waals surface area contributed by atoms with Crippen molar-refractivity contribution in [2.24, 2.45) is 0 Å². The smallest absolute Gasteiger partial charge is 0.305 e. The van der Waals surface area contributed by atoms with E-state index in [0.717, 1.165) is 18.6 Å². The van der Waals surface area contributed by atoms with Crippen LogP contribution in [0.15, 0.2) is 18.2 Å². The topological polar surface area (TPSA) is 57.6 Å². The summed E-state index contributed by atoms with van der Waals surface area (Å²) >= 11 is 0. The molecule has 1 N–H and O–H groups in total. The van der Waals surface area contributed by atoms with Gasteiger partial charge in [0.25, 0.3) is 0 Å². The van der Waals surface area contributed by atoms with Crippen molar-refractivity contribution in [1.29, 1.82) is 0 Å². The quantitative estimate of drug-likeness (QED) is 0.879. The second kappa shape index (κ2) is 6.42. The number of amides is 1. The van der Waals surface area contributed by atoms with Gasteiger partial charge in [-0.3, -0.25) is 9.59 Å². The number of nitrogens with zero attached hydrogens (tertiary/aromatic N) is 1. The summed E-state index contributed by atoms with van der Waals surface area (Å²) in [5.74, 6) is -2.65. The zero-order valence-corrected chi connectivity index (χ0v) is 12.4. The number of likely N-dealkylation sites (N-methyl/N-ethyl adjacent to an activating group) is 1. The summed E-state index contributed by atoms with van der Waals surface area (Å²) in [4.78, 5) is 24.9. The lowest BCUT2D eigenvalue weighted by molar-refractivity contribution is -0.143. The molecule has 120 valence electrons. The third-order valence-corrected chi connectivity index (χ3v) is 4.33. The largest absolute Gasteiger partial charge is 0.481 e. The lowest BCUT2D eigenvalue weighted by atomic mass is 9.63. The zero-order valence-electron chi connectivity index (χ0n) is 12.4. The summed E-state index contributed by atoms with van der Waals surface area (Å²) in [5, 5.41) is 8.77. The summed E-state index contributed by atoms with van der Waals surface area (Å²) in [7, 11) is 0. The van der Waals surface area contributed by atoms with Crippen molar-refractivity contribution in [3.8, 4) is 0 Å². The highest BCUT2D eigenvalue weighted by molar-refractivity contribution is 5.89. The molecule has 1 aromatic carbocycles. The first-order valence-electron chi connectivity index (χ1n) is 7.37. The molecule has 0 bridgehead atoms. The highest BCUT2D eigenvalue weighted by Crippen LogP contribution is 2.46. The Morgan fingerprint density at radius 1 is 1.32 bits per heavy atom. The summed E-state index contributed by atoms with van der Waals surface area (Å²) in [6.07, 6.45) is 1.64. The first-order valence-corrected chi connectivity index (χ1v) is 7.37. The van der Waals surface area contributed by atoms with Crippen LogP contribution < -0.4 is 0 Å². The molecule has 0 unspecified atom stereocenters. The van der Waals surface area contributed by atoms with E-state index in [2.05, 4.69) is 0 Å². The average Bonchev–Trinajstić information content (AvgIpc) is 2.40. The van der Waals surface area contributed by atoms with Gasteiger partial charge in [0.2, 0.25) is 5.91 Å². The van der Waals surface area contributed by atoms with Gasteiger partial charge < -0.3 is 10.0 Å². The highest BCUT2D eigenvalue weighted by atomic mass is 19.1. The van der Waals surface area contributed by atoms with Crippen LogP contribution in [0.2, 0.25) is 0 Å². The molecule has 1 aliphatic carbocycles.